The molecule has 192 valence electrons. The van der Waals surface area contributed by atoms with Crippen molar-refractivity contribution in [2.75, 3.05) is 19.8 Å². The van der Waals surface area contributed by atoms with E-state index in [1.165, 1.54) is 20.8 Å². The van der Waals surface area contributed by atoms with Crippen LogP contribution in [-0.2, 0) is 39.8 Å². The average molecular weight is 499 g/mol. The van der Waals surface area contributed by atoms with Crippen molar-refractivity contribution in [1.82, 2.24) is 0 Å². The lowest BCUT2D eigenvalue weighted by molar-refractivity contribution is -0.227. The number of ether oxygens (including phenoxy) is 6. The van der Waals surface area contributed by atoms with Crippen LogP contribution < -0.4 is 9.47 Å². The Hall–Kier alpha value is -3.59. The Morgan fingerprint density at radius 3 is 2.19 bits per heavy atom. The summed E-state index contributed by atoms with van der Waals surface area (Å²) in [6.45, 7) is 6.80. The second-order valence-corrected chi connectivity index (χ2v) is 8.89. The SMILES string of the molecule is CC(=O)O[C@@H]1[C@@H](OC(C)=O)[C@H](c2ccc(C)c(Cc3ccc4c(c3)OCCO4)c2)OC[C@H]1OC(C)=O. The van der Waals surface area contributed by atoms with Crippen LogP contribution in [0.4, 0.5) is 0 Å². The van der Waals surface area contributed by atoms with E-state index < -0.39 is 42.3 Å². The van der Waals surface area contributed by atoms with Gasteiger partial charge in [0, 0.05) is 20.8 Å². The van der Waals surface area contributed by atoms with E-state index in [0.29, 0.717) is 19.6 Å². The maximum Gasteiger partial charge on any atom is 0.303 e. The van der Waals surface area contributed by atoms with E-state index in [4.69, 9.17) is 28.4 Å². The molecular formula is C27H30O9. The molecule has 2 aromatic carbocycles. The molecular weight excluding hydrogens is 468 g/mol. The summed E-state index contributed by atoms with van der Waals surface area (Å²) in [4.78, 5) is 35.5. The van der Waals surface area contributed by atoms with Crippen LogP contribution in [0.5, 0.6) is 11.5 Å². The Balaban J connectivity index is 1.63. The number of hydrogen-bond donors (Lipinski definition) is 0. The summed E-state index contributed by atoms with van der Waals surface area (Å²) in [6.07, 6.45) is -3.03. The fourth-order valence-corrected chi connectivity index (χ4v) is 4.50. The Morgan fingerprint density at radius 2 is 1.50 bits per heavy atom. The molecule has 4 rings (SSSR count). The molecule has 1 fully saturated rings. The molecule has 0 amide bonds. The van der Waals surface area contributed by atoms with Crippen molar-refractivity contribution in [1.29, 1.82) is 0 Å². The van der Waals surface area contributed by atoms with Gasteiger partial charge in [0.2, 0.25) is 0 Å². The predicted molar refractivity (Wildman–Crippen MR) is 127 cm³/mol. The molecule has 36 heavy (non-hydrogen) atoms. The van der Waals surface area contributed by atoms with Gasteiger partial charge in [0.05, 0.1) is 6.61 Å². The van der Waals surface area contributed by atoms with Gasteiger partial charge in [-0.1, -0.05) is 24.3 Å². The summed E-state index contributed by atoms with van der Waals surface area (Å²) in [6, 6.07) is 11.7. The van der Waals surface area contributed by atoms with Crippen LogP contribution in [0.3, 0.4) is 0 Å². The summed E-state index contributed by atoms with van der Waals surface area (Å²) in [5.74, 6) is -0.262. The minimum absolute atomic E-state index is 0.0225. The Kier molecular flexibility index (Phi) is 7.79. The second-order valence-electron chi connectivity index (χ2n) is 8.89. The highest BCUT2D eigenvalue weighted by atomic mass is 16.6. The molecule has 2 aliphatic heterocycles. The van der Waals surface area contributed by atoms with E-state index in [-0.39, 0.29) is 6.61 Å². The van der Waals surface area contributed by atoms with Crippen LogP contribution in [0.25, 0.3) is 0 Å². The first-order valence-electron chi connectivity index (χ1n) is 11.8. The smallest absolute Gasteiger partial charge is 0.303 e. The molecule has 1 saturated heterocycles. The summed E-state index contributed by atoms with van der Waals surface area (Å²) < 4.78 is 33.7. The fourth-order valence-electron chi connectivity index (χ4n) is 4.50. The van der Waals surface area contributed by atoms with Gasteiger partial charge in [-0.3, -0.25) is 14.4 Å². The van der Waals surface area contributed by atoms with Gasteiger partial charge in [-0.2, -0.15) is 0 Å². The number of fused-ring (bicyclic) bond motifs is 1. The molecule has 9 heteroatoms. The lowest BCUT2D eigenvalue weighted by Crippen LogP contribution is -2.54. The summed E-state index contributed by atoms with van der Waals surface area (Å²) in [7, 11) is 0. The van der Waals surface area contributed by atoms with Crippen LogP contribution in [0.15, 0.2) is 36.4 Å². The largest absolute Gasteiger partial charge is 0.486 e. The zero-order valence-electron chi connectivity index (χ0n) is 20.8. The number of esters is 3. The van der Waals surface area contributed by atoms with Gasteiger partial charge >= 0.3 is 17.9 Å². The summed E-state index contributed by atoms with van der Waals surface area (Å²) in [5.41, 5.74) is 3.91. The number of hydrogen-bond acceptors (Lipinski definition) is 9. The number of aryl methyl sites for hydroxylation is 1. The highest BCUT2D eigenvalue weighted by molar-refractivity contribution is 5.68. The van der Waals surface area contributed by atoms with Crippen molar-refractivity contribution in [3.63, 3.8) is 0 Å². The van der Waals surface area contributed by atoms with Gasteiger partial charge in [-0.25, -0.2) is 0 Å². The zero-order valence-corrected chi connectivity index (χ0v) is 20.8. The molecule has 0 unspecified atom stereocenters. The maximum atomic E-state index is 12.0. The molecule has 9 nitrogen and oxygen atoms in total. The molecule has 0 aliphatic carbocycles. The minimum atomic E-state index is -1.02. The highest BCUT2D eigenvalue weighted by Crippen LogP contribution is 2.36. The van der Waals surface area contributed by atoms with Crippen molar-refractivity contribution in [3.8, 4) is 11.5 Å². The van der Waals surface area contributed by atoms with Crippen LogP contribution in [0, 0.1) is 6.92 Å². The number of carbonyl (C=O) groups is 3. The van der Waals surface area contributed by atoms with Crippen molar-refractivity contribution in [2.24, 2.45) is 0 Å². The lowest BCUT2D eigenvalue weighted by Gasteiger charge is -2.40. The minimum Gasteiger partial charge on any atom is -0.486 e. The van der Waals surface area contributed by atoms with Crippen molar-refractivity contribution in [2.45, 2.75) is 58.5 Å². The first-order valence-corrected chi connectivity index (χ1v) is 11.8. The van der Waals surface area contributed by atoms with E-state index in [2.05, 4.69) is 0 Å². The first-order chi connectivity index (χ1) is 17.2. The Morgan fingerprint density at radius 1 is 0.833 bits per heavy atom. The van der Waals surface area contributed by atoms with Crippen molar-refractivity contribution in [3.05, 3.63) is 58.7 Å². The topological polar surface area (TPSA) is 107 Å². The van der Waals surface area contributed by atoms with Gasteiger partial charge in [-0.05, 0) is 47.7 Å². The average Bonchev–Trinajstić information content (AvgIpc) is 2.82. The lowest BCUT2D eigenvalue weighted by atomic mass is 9.90. The van der Waals surface area contributed by atoms with Gasteiger partial charge in [0.1, 0.15) is 19.3 Å². The molecule has 0 aromatic heterocycles. The summed E-state index contributed by atoms with van der Waals surface area (Å²) >= 11 is 0. The number of carbonyl (C=O) groups excluding carboxylic acids is 3. The van der Waals surface area contributed by atoms with Gasteiger partial charge in [0.25, 0.3) is 0 Å². The quantitative estimate of drug-likeness (QED) is 0.438. The third-order valence-electron chi connectivity index (χ3n) is 6.05. The number of benzene rings is 2. The molecule has 0 spiro atoms. The molecule has 2 heterocycles. The van der Waals surface area contributed by atoms with Gasteiger partial charge in [0.15, 0.2) is 29.8 Å². The normalized spacial score (nSPS) is 22.9. The van der Waals surface area contributed by atoms with Crippen LogP contribution in [-0.4, -0.2) is 56.0 Å². The van der Waals surface area contributed by atoms with E-state index in [1.807, 2.05) is 43.3 Å². The standard InChI is InChI=1S/C27H30O9/c1-15-5-7-20(13-21(15)11-19-6-8-22-23(12-19)32-10-9-31-22)25-27(36-18(4)30)26(35-17(3)29)24(14-33-25)34-16(2)28/h5-8,12-13,24-27H,9-11,14H2,1-4H3/t24-,25+,26+,27+/m1/s1. The molecule has 4 atom stereocenters. The Labute approximate surface area is 209 Å². The monoisotopic (exact) mass is 498 g/mol. The van der Waals surface area contributed by atoms with Crippen LogP contribution >= 0.6 is 0 Å². The molecule has 2 aliphatic rings. The Bertz CT molecular complexity index is 1140. The molecule has 0 bridgehead atoms. The van der Waals surface area contributed by atoms with E-state index in [1.54, 1.807) is 0 Å². The fraction of sp³-hybridized carbons (Fsp3) is 0.444. The molecule has 0 saturated carbocycles. The van der Waals surface area contributed by atoms with Gasteiger partial charge in [-0.15, -0.1) is 0 Å². The van der Waals surface area contributed by atoms with Gasteiger partial charge < -0.3 is 28.4 Å². The highest BCUT2D eigenvalue weighted by Gasteiger charge is 2.47. The zero-order chi connectivity index (χ0) is 25.8. The molecule has 0 radical (unpaired) electrons. The van der Waals surface area contributed by atoms with Crippen molar-refractivity contribution >= 4 is 17.9 Å². The van der Waals surface area contributed by atoms with E-state index in [0.717, 1.165) is 33.8 Å². The van der Waals surface area contributed by atoms with E-state index in [9.17, 15) is 14.4 Å². The maximum absolute atomic E-state index is 12.0. The first kappa shape index (κ1) is 25.5. The second kappa shape index (κ2) is 11.0. The summed E-state index contributed by atoms with van der Waals surface area (Å²) in [5, 5.41) is 0. The predicted octanol–water partition coefficient (Wildman–Crippen LogP) is 3.22. The molecule has 0 N–H and O–H groups in total. The van der Waals surface area contributed by atoms with Crippen LogP contribution in [0.2, 0.25) is 0 Å². The third-order valence-corrected chi connectivity index (χ3v) is 6.05. The third kappa shape index (κ3) is 5.96. The number of rotatable bonds is 6. The molecule has 2 aromatic rings. The van der Waals surface area contributed by atoms with E-state index >= 15 is 0 Å². The van der Waals surface area contributed by atoms with Crippen LogP contribution in [0.1, 0.15) is 49.1 Å². The van der Waals surface area contributed by atoms with Crippen molar-refractivity contribution < 1.29 is 42.8 Å².